The Morgan fingerprint density at radius 3 is 2.61 bits per heavy atom. The van der Waals surface area contributed by atoms with Crippen molar-refractivity contribution in [1.82, 2.24) is 4.57 Å². The highest BCUT2D eigenvalue weighted by atomic mass is 32.2. The summed E-state index contributed by atoms with van der Waals surface area (Å²) in [6.45, 7) is 3.73. The minimum absolute atomic E-state index is 0.0388. The third-order valence-corrected chi connectivity index (χ3v) is 7.60. The number of hydrogen-bond acceptors (Lipinski definition) is 4. The number of nitrogens with zero attached hydrogens (tertiary/aromatic N) is 2. The SMILES string of the molecule is CCCCc1ccc2c(c1)sc(=NC(=O)c1ccccc1S(=O)(=O)CC)n2C. The molecular weight excluding hydrogens is 392 g/mol. The van der Waals surface area contributed by atoms with E-state index in [1.165, 1.54) is 29.0 Å². The summed E-state index contributed by atoms with van der Waals surface area (Å²) in [6, 6.07) is 12.6. The molecular formula is C21H24N2O3S2. The van der Waals surface area contributed by atoms with E-state index in [2.05, 4.69) is 30.1 Å². The molecule has 0 bridgehead atoms. The largest absolute Gasteiger partial charge is 0.319 e. The van der Waals surface area contributed by atoms with Gasteiger partial charge < -0.3 is 4.57 Å². The fraction of sp³-hybridized carbons (Fsp3) is 0.333. The molecule has 1 amide bonds. The summed E-state index contributed by atoms with van der Waals surface area (Å²) in [7, 11) is -1.63. The van der Waals surface area contributed by atoms with Gasteiger partial charge in [-0.1, -0.05) is 49.8 Å². The lowest BCUT2D eigenvalue weighted by atomic mass is 10.1. The highest BCUT2D eigenvalue weighted by molar-refractivity contribution is 7.91. The van der Waals surface area contributed by atoms with Crippen LogP contribution >= 0.6 is 11.3 Å². The molecule has 1 heterocycles. The molecule has 0 radical (unpaired) electrons. The van der Waals surface area contributed by atoms with Gasteiger partial charge in [0.15, 0.2) is 14.6 Å². The molecule has 28 heavy (non-hydrogen) atoms. The first-order chi connectivity index (χ1) is 13.4. The smallest absolute Gasteiger partial charge is 0.280 e. The van der Waals surface area contributed by atoms with Gasteiger partial charge in [0.2, 0.25) is 0 Å². The molecule has 1 aromatic heterocycles. The number of fused-ring (bicyclic) bond motifs is 1. The fourth-order valence-electron chi connectivity index (χ4n) is 3.04. The number of thiazole rings is 1. The van der Waals surface area contributed by atoms with E-state index >= 15 is 0 Å². The van der Waals surface area contributed by atoms with Crippen molar-refractivity contribution in [2.45, 2.75) is 38.0 Å². The number of hydrogen-bond donors (Lipinski definition) is 0. The van der Waals surface area contributed by atoms with Crippen molar-refractivity contribution < 1.29 is 13.2 Å². The summed E-state index contributed by atoms with van der Waals surface area (Å²) in [5.41, 5.74) is 2.39. The molecule has 0 saturated heterocycles. The third-order valence-electron chi connectivity index (χ3n) is 4.72. The Balaban J connectivity index is 2.06. The molecule has 5 nitrogen and oxygen atoms in total. The summed E-state index contributed by atoms with van der Waals surface area (Å²) >= 11 is 1.44. The molecule has 0 atom stereocenters. The van der Waals surface area contributed by atoms with Crippen molar-refractivity contribution in [2.24, 2.45) is 12.0 Å². The number of amides is 1. The fourth-order valence-corrected chi connectivity index (χ4v) is 5.21. The van der Waals surface area contributed by atoms with Gasteiger partial charge in [0.05, 0.1) is 26.4 Å². The molecule has 0 unspecified atom stereocenters. The zero-order valence-corrected chi connectivity index (χ0v) is 17.9. The monoisotopic (exact) mass is 416 g/mol. The summed E-state index contributed by atoms with van der Waals surface area (Å²) in [5, 5.41) is 0. The van der Waals surface area contributed by atoms with Crippen LogP contribution in [0.1, 0.15) is 42.6 Å². The van der Waals surface area contributed by atoms with Crippen LogP contribution in [0.5, 0.6) is 0 Å². The van der Waals surface area contributed by atoms with Gasteiger partial charge in [-0.3, -0.25) is 4.79 Å². The first-order valence-electron chi connectivity index (χ1n) is 9.36. The van der Waals surface area contributed by atoms with Gasteiger partial charge in [0.25, 0.3) is 5.91 Å². The zero-order valence-electron chi connectivity index (χ0n) is 16.3. The molecule has 0 aliphatic heterocycles. The number of unbranched alkanes of at least 4 members (excludes halogenated alkanes) is 1. The molecule has 3 aromatic rings. The topological polar surface area (TPSA) is 68.5 Å². The first kappa shape index (κ1) is 20.5. The number of carbonyl (C=O) groups is 1. The normalized spacial score (nSPS) is 12.6. The highest BCUT2D eigenvalue weighted by Gasteiger charge is 2.20. The van der Waals surface area contributed by atoms with Crippen molar-refractivity contribution in [3.63, 3.8) is 0 Å². The van der Waals surface area contributed by atoms with Gasteiger partial charge in [-0.15, -0.1) is 0 Å². The maximum Gasteiger partial charge on any atom is 0.280 e. The standard InChI is InChI=1S/C21H24N2O3S2/c1-4-6-9-15-12-13-17-18(14-15)27-21(23(17)3)22-20(24)16-10-7-8-11-19(16)28(25,26)5-2/h7-8,10-14H,4-6,9H2,1-3H3. The van der Waals surface area contributed by atoms with Crippen molar-refractivity contribution >= 4 is 37.3 Å². The van der Waals surface area contributed by atoms with E-state index in [0.717, 1.165) is 29.5 Å². The van der Waals surface area contributed by atoms with E-state index in [-0.39, 0.29) is 16.2 Å². The summed E-state index contributed by atoms with van der Waals surface area (Å²) in [4.78, 5) is 17.6. The van der Waals surface area contributed by atoms with Crippen LogP contribution in [0, 0.1) is 0 Å². The van der Waals surface area contributed by atoms with E-state index in [1.807, 2.05) is 11.6 Å². The summed E-state index contributed by atoms with van der Waals surface area (Å²) < 4.78 is 27.6. The number of sulfone groups is 1. The molecule has 0 aliphatic carbocycles. The molecule has 7 heteroatoms. The van der Waals surface area contributed by atoms with Gasteiger partial charge in [-0.25, -0.2) is 8.42 Å². The molecule has 0 aliphatic rings. The molecule has 0 saturated carbocycles. The highest BCUT2D eigenvalue weighted by Crippen LogP contribution is 2.21. The molecule has 148 valence electrons. The van der Waals surface area contributed by atoms with E-state index < -0.39 is 15.7 Å². The van der Waals surface area contributed by atoms with Crippen molar-refractivity contribution in [3.05, 3.63) is 58.4 Å². The molecule has 3 rings (SSSR count). The predicted octanol–water partition coefficient (Wildman–Crippen LogP) is 4.12. The maximum atomic E-state index is 12.8. The van der Waals surface area contributed by atoms with Crippen LogP contribution in [-0.4, -0.2) is 24.6 Å². The van der Waals surface area contributed by atoms with Crippen LogP contribution in [0.3, 0.4) is 0 Å². The maximum absolute atomic E-state index is 12.8. The van der Waals surface area contributed by atoms with Crippen LogP contribution in [0.4, 0.5) is 0 Å². The average Bonchev–Trinajstić information content (AvgIpc) is 3.01. The number of rotatable bonds is 6. The van der Waals surface area contributed by atoms with Crippen LogP contribution in [0.25, 0.3) is 10.2 Å². The number of aryl methyl sites for hydroxylation is 2. The van der Waals surface area contributed by atoms with Crippen molar-refractivity contribution in [3.8, 4) is 0 Å². The van der Waals surface area contributed by atoms with Crippen LogP contribution < -0.4 is 4.80 Å². The molecule has 0 N–H and O–H groups in total. The Morgan fingerprint density at radius 1 is 1.14 bits per heavy atom. The Morgan fingerprint density at radius 2 is 1.89 bits per heavy atom. The second kappa shape index (κ2) is 8.41. The van der Waals surface area contributed by atoms with Gasteiger partial charge in [-0.2, -0.15) is 4.99 Å². The van der Waals surface area contributed by atoms with E-state index in [0.29, 0.717) is 4.80 Å². The molecule has 0 fully saturated rings. The second-order valence-corrected chi connectivity index (χ2v) is 9.92. The average molecular weight is 417 g/mol. The van der Waals surface area contributed by atoms with Gasteiger partial charge in [0, 0.05) is 7.05 Å². The quantitative estimate of drug-likeness (QED) is 0.607. The van der Waals surface area contributed by atoms with Gasteiger partial charge >= 0.3 is 0 Å². The molecule has 2 aromatic carbocycles. The number of aromatic nitrogens is 1. The lowest BCUT2D eigenvalue weighted by Crippen LogP contribution is -2.15. The van der Waals surface area contributed by atoms with E-state index in [9.17, 15) is 13.2 Å². The van der Waals surface area contributed by atoms with E-state index in [1.54, 1.807) is 19.1 Å². The number of benzene rings is 2. The lowest BCUT2D eigenvalue weighted by Gasteiger charge is -2.05. The lowest BCUT2D eigenvalue weighted by molar-refractivity contribution is 0.0995. The van der Waals surface area contributed by atoms with Crippen LogP contribution in [0.15, 0.2) is 52.4 Å². The van der Waals surface area contributed by atoms with E-state index in [4.69, 9.17) is 0 Å². The van der Waals surface area contributed by atoms with Crippen LogP contribution in [-0.2, 0) is 23.3 Å². The third kappa shape index (κ3) is 4.10. The Labute approximate surface area is 169 Å². The first-order valence-corrected chi connectivity index (χ1v) is 11.8. The van der Waals surface area contributed by atoms with Gasteiger partial charge in [0.1, 0.15) is 0 Å². The Hall–Kier alpha value is -2.25. The minimum atomic E-state index is -3.50. The second-order valence-electron chi connectivity index (χ2n) is 6.67. The Bertz CT molecular complexity index is 1190. The summed E-state index contributed by atoms with van der Waals surface area (Å²) in [5.74, 6) is -0.602. The number of carbonyl (C=O) groups excluding carboxylic acids is 1. The van der Waals surface area contributed by atoms with Crippen molar-refractivity contribution in [1.29, 1.82) is 0 Å². The van der Waals surface area contributed by atoms with Crippen LogP contribution in [0.2, 0.25) is 0 Å². The Kier molecular flexibility index (Phi) is 6.15. The minimum Gasteiger partial charge on any atom is -0.319 e. The predicted molar refractivity (Wildman–Crippen MR) is 113 cm³/mol. The van der Waals surface area contributed by atoms with Crippen molar-refractivity contribution in [2.75, 3.05) is 5.75 Å². The molecule has 0 spiro atoms. The zero-order chi connectivity index (χ0) is 20.3. The summed E-state index contributed by atoms with van der Waals surface area (Å²) in [6.07, 6.45) is 3.31. The van der Waals surface area contributed by atoms with Gasteiger partial charge in [-0.05, 0) is 42.7 Å².